The Labute approximate surface area is 212 Å². The Kier molecular flexibility index (Phi) is 8.57. The summed E-state index contributed by atoms with van der Waals surface area (Å²) in [5.74, 6) is 0. The van der Waals surface area contributed by atoms with Crippen molar-refractivity contribution in [2.45, 2.75) is 56.0 Å². The molecule has 180 valence electrons. The number of para-hydroxylation sites is 2. The highest BCUT2D eigenvalue weighted by atomic mass is 35.5. The molecule has 2 aromatic carbocycles. The van der Waals surface area contributed by atoms with Gasteiger partial charge in [0.2, 0.25) is 0 Å². The van der Waals surface area contributed by atoms with E-state index in [4.69, 9.17) is 17.3 Å². The second-order valence-electron chi connectivity index (χ2n) is 9.31. The topological polar surface area (TPSA) is 67.0 Å². The third kappa shape index (κ3) is 4.98. The zero-order valence-corrected chi connectivity index (χ0v) is 21.1. The molecule has 1 aliphatic carbocycles. The van der Waals surface area contributed by atoms with Gasteiger partial charge in [-0.15, -0.1) is 24.8 Å². The first-order valence-corrected chi connectivity index (χ1v) is 11.9. The molecule has 1 aromatic heterocycles. The van der Waals surface area contributed by atoms with Crippen molar-refractivity contribution in [2.75, 3.05) is 19.6 Å². The van der Waals surface area contributed by atoms with Crippen LogP contribution in [0.4, 0.5) is 0 Å². The van der Waals surface area contributed by atoms with Crippen LogP contribution in [0.2, 0.25) is 5.02 Å². The largest absolute Gasteiger partial charge is 0.330 e. The van der Waals surface area contributed by atoms with Gasteiger partial charge in [-0.2, -0.15) is 0 Å². The number of aromatic nitrogens is 2. The Morgan fingerprint density at radius 3 is 2.33 bits per heavy atom. The zero-order valence-electron chi connectivity index (χ0n) is 18.7. The smallest absolute Gasteiger partial charge is 0.326 e. The van der Waals surface area contributed by atoms with Crippen LogP contribution in [0, 0.1) is 0 Å². The quantitative estimate of drug-likeness (QED) is 0.499. The fraction of sp³-hybridized carbons (Fsp3) is 0.480. The van der Waals surface area contributed by atoms with Crippen molar-refractivity contribution >= 4 is 47.4 Å². The number of imidazole rings is 1. The van der Waals surface area contributed by atoms with Gasteiger partial charge < -0.3 is 15.6 Å². The maximum atomic E-state index is 12.6. The fourth-order valence-corrected chi connectivity index (χ4v) is 6.09. The molecule has 3 aromatic rings. The van der Waals surface area contributed by atoms with E-state index in [1.165, 1.54) is 18.4 Å². The summed E-state index contributed by atoms with van der Waals surface area (Å²) in [6.07, 6.45) is 6.60. The molecule has 2 heterocycles. The predicted octanol–water partition coefficient (Wildman–Crippen LogP) is 5.30. The summed E-state index contributed by atoms with van der Waals surface area (Å²) in [5.41, 5.74) is 9.60. The second-order valence-corrected chi connectivity index (χ2v) is 9.75. The number of nitrogens with one attached hydrogen (secondary N) is 1. The van der Waals surface area contributed by atoms with Gasteiger partial charge in [0.05, 0.1) is 11.0 Å². The molecule has 2 aliphatic rings. The molecule has 1 saturated heterocycles. The summed E-state index contributed by atoms with van der Waals surface area (Å²) in [6, 6.07) is 17.1. The van der Waals surface area contributed by atoms with Gasteiger partial charge in [-0.25, -0.2) is 4.79 Å². The first-order valence-electron chi connectivity index (χ1n) is 11.5. The molecule has 0 spiro atoms. The van der Waals surface area contributed by atoms with E-state index in [1.807, 2.05) is 41.0 Å². The van der Waals surface area contributed by atoms with Crippen LogP contribution in [0.3, 0.4) is 0 Å². The number of H-pyrrole nitrogens is 1. The molecule has 2 fully saturated rings. The van der Waals surface area contributed by atoms with Crippen LogP contribution in [0.25, 0.3) is 11.0 Å². The number of benzene rings is 2. The molecule has 0 radical (unpaired) electrons. The summed E-state index contributed by atoms with van der Waals surface area (Å²) in [5, 5.41) is 0.794. The van der Waals surface area contributed by atoms with Gasteiger partial charge in [0.1, 0.15) is 0 Å². The van der Waals surface area contributed by atoms with Gasteiger partial charge in [-0.1, -0.05) is 35.9 Å². The molecule has 0 bridgehead atoms. The maximum absolute atomic E-state index is 12.6. The van der Waals surface area contributed by atoms with Crippen LogP contribution in [0.15, 0.2) is 53.3 Å². The predicted molar refractivity (Wildman–Crippen MR) is 141 cm³/mol. The van der Waals surface area contributed by atoms with Crippen LogP contribution in [0.1, 0.15) is 50.1 Å². The molecular weight excluding hydrogens is 479 g/mol. The van der Waals surface area contributed by atoms with Crippen LogP contribution in [-0.2, 0) is 5.41 Å². The summed E-state index contributed by atoms with van der Waals surface area (Å²) < 4.78 is 1.98. The van der Waals surface area contributed by atoms with Crippen molar-refractivity contribution in [3.8, 4) is 0 Å². The van der Waals surface area contributed by atoms with Crippen molar-refractivity contribution in [1.29, 1.82) is 0 Å². The minimum Gasteiger partial charge on any atom is -0.330 e. The molecule has 8 heteroatoms. The number of piperidine rings is 1. The highest BCUT2D eigenvalue weighted by Crippen LogP contribution is 2.41. The van der Waals surface area contributed by atoms with E-state index in [1.54, 1.807) is 0 Å². The zero-order chi connectivity index (χ0) is 21.4. The Morgan fingerprint density at radius 2 is 1.67 bits per heavy atom. The van der Waals surface area contributed by atoms with E-state index in [2.05, 4.69) is 22.0 Å². The lowest BCUT2D eigenvalue weighted by Gasteiger charge is -2.45. The van der Waals surface area contributed by atoms with E-state index in [9.17, 15) is 4.79 Å². The average Bonchev–Trinajstić information content (AvgIpc) is 3.15. The lowest BCUT2D eigenvalue weighted by molar-refractivity contribution is 0.0895. The molecule has 0 amide bonds. The highest BCUT2D eigenvalue weighted by molar-refractivity contribution is 6.30. The van der Waals surface area contributed by atoms with E-state index in [-0.39, 0.29) is 42.0 Å². The Balaban J connectivity index is 0.00000153. The first kappa shape index (κ1) is 26.1. The molecule has 5 nitrogen and oxygen atoms in total. The fourth-order valence-electron chi connectivity index (χ4n) is 5.90. The minimum atomic E-state index is 0. The van der Waals surface area contributed by atoms with Gasteiger partial charge in [0.15, 0.2) is 0 Å². The lowest BCUT2D eigenvalue weighted by Crippen LogP contribution is -2.48. The highest BCUT2D eigenvalue weighted by Gasteiger charge is 2.38. The molecule has 3 N–H and O–H groups in total. The number of nitrogens with zero attached hydrogens (tertiary/aromatic N) is 2. The molecule has 0 unspecified atom stereocenters. The number of halogens is 3. The summed E-state index contributed by atoms with van der Waals surface area (Å²) in [4.78, 5) is 18.2. The van der Waals surface area contributed by atoms with Crippen LogP contribution in [0.5, 0.6) is 0 Å². The minimum absolute atomic E-state index is 0. The standard InChI is InChI=1S/C25H31ClN4O.2ClH/c26-19-5-3-4-18(16-19)25(17-27)12-8-20(9-13-25)29-14-10-21(11-15-29)30-23-7-2-1-6-22(23)28-24(30)31;;/h1-7,16,20-21H,8-15,17,27H2,(H,28,31);2*1H/t20-,25-;;. The summed E-state index contributed by atoms with van der Waals surface area (Å²) >= 11 is 6.26. The van der Waals surface area contributed by atoms with E-state index < -0.39 is 0 Å². The lowest BCUT2D eigenvalue weighted by atomic mass is 9.68. The number of hydrogen-bond donors (Lipinski definition) is 2. The van der Waals surface area contributed by atoms with Crippen LogP contribution >= 0.6 is 36.4 Å². The third-order valence-corrected chi connectivity index (χ3v) is 7.98. The van der Waals surface area contributed by atoms with Crippen molar-refractivity contribution < 1.29 is 0 Å². The van der Waals surface area contributed by atoms with Crippen LogP contribution < -0.4 is 11.4 Å². The van der Waals surface area contributed by atoms with Crippen molar-refractivity contribution in [3.63, 3.8) is 0 Å². The van der Waals surface area contributed by atoms with Gasteiger partial charge in [0, 0.05) is 42.2 Å². The van der Waals surface area contributed by atoms with Gasteiger partial charge in [-0.3, -0.25) is 4.57 Å². The SMILES string of the molecule is Cl.Cl.NC[C@]1(c2cccc(Cl)c2)CC[C@H](N2CCC(n3c(=O)[nH]c4ccccc43)CC2)CC1. The number of nitrogens with two attached hydrogens (primary N) is 1. The Bertz CT molecular complexity index is 1110. The van der Waals surface area contributed by atoms with Gasteiger partial charge >= 0.3 is 5.69 Å². The normalized spacial score (nSPS) is 24.2. The molecule has 0 atom stereocenters. The molecule has 33 heavy (non-hydrogen) atoms. The summed E-state index contributed by atoms with van der Waals surface area (Å²) in [7, 11) is 0. The third-order valence-electron chi connectivity index (χ3n) is 7.74. The average molecular weight is 512 g/mol. The number of fused-ring (bicyclic) bond motifs is 1. The van der Waals surface area contributed by atoms with Crippen molar-refractivity contribution in [2.24, 2.45) is 5.73 Å². The maximum Gasteiger partial charge on any atom is 0.326 e. The number of aromatic amines is 1. The summed E-state index contributed by atoms with van der Waals surface area (Å²) in [6.45, 7) is 2.77. The number of hydrogen-bond acceptors (Lipinski definition) is 3. The number of likely N-dealkylation sites (tertiary alicyclic amines) is 1. The molecule has 1 aliphatic heterocycles. The molecular formula is C25H33Cl3N4O. The van der Waals surface area contributed by atoms with E-state index in [0.29, 0.717) is 12.6 Å². The Morgan fingerprint density at radius 1 is 0.970 bits per heavy atom. The molecule has 5 rings (SSSR count). The van der Waals surface area contributed by atoms with Crippen LogP contribution in [-0.4, -0.2) is 40.1 Å². The van der Waals surface area contributed by atoms with E-state index >= 15 is 0 Å². The Hall–Kier alpha value is -1.50. The number of rotatable bonds is 4. The van der Waals surface area contributed by atoms with Crippen molar-refractivity contribution in [3.05, 3.63) is 69.6 Å². The van der Waals surface area contributed by atoms with Gasteiger partial charge in [0.25, 0.3) is 0 Å². The van der Waals surface area contributed by atoms with Crippen molar-refractivity contribution in [1.82, 2.24) is 14.5 Å². The van der Waals surface area contributed by atoms with Gasteiger partial charge in [-0.05, 0) is 68.4 Å². The first-order chi connectivity index (χ1) is 15.1. The van der Waals surface area contributed by atoms with E-state index in [0.717, 1.165) is 54.8 Å². The molecule has 1 saturated carbocycles. The second kappa shape index (κ2) is 10.8. The monoisotopic (exact) mass is 510 g/mol.